The van der Waals surface area contributed by atoms with E-state index < -0.39 is 0 Å². The van der Waals surface area contributed by atoms with E-state index in [1.807, 2.05) is 48.5 Å². The number of hydrogen-bond acceptors (Lipinski definition) is 5. The molecule has 1 aliphatic rings. The molecule has 0 saturated carbocycles. The first kappa shape index (κ1) is 20.7. The van der Waals surface area contributed by atoms with Crippen LogP contribution >= 0.6 is 39.3 Å². The molecule has 4 rings (SSSR count). The van der Waals surface area contributed by atoms with E-state index in [0.29, 0.717) is 20.9 Å². The summed E-state index contributed by atoms with van der Waals surface area (Å²) in [5.41, 5.74) is 1.78. The molecule has 150 valence electrons. The fourth-order valence-corrected chi connectivity index (χ4v) is 4.20. The van der Waals surface area contributed by atoms with E-state index in [1.54, 1.807) is 35.6 Å². The van der Waals surface area contributed by atoms with Gasteiger partial charge in [0.25, 0.3) is 5.91 Å². The Morgan fingerprint density at radius 3 is 2.67 bits per heavy atom. The summed E-state index contributed by atoms with van der Waals surface area (Å²) in [4.78, 5) is 15.1. The fraction of sp³-hybridized carbons (Fsp3) is 0.0455. The Bertz CT molecular complexity index is 1140. The molecular formula is C22H15BrClN3O2S. The molecule has 0 N–H and O–H groups in total. The molecule has 5 nitrogen and oxygen atoms in total. The average Bonchev–Trinajstić information content (AvgIpc) is 3.34. The normalized spacial score (nSPS) is 17.0. The Morgan fingerprint density at radius 2 is 1.93 bits per heavy atom. The second kappa shape index (κ2) is 9.47. The van der Waals surface area contributed by atoms with Crippen LogP contribution in [0.2, 0.25) is 5.02 Å². The molecule has 2 heterocycles. The Balaban J connectivity index is 1.61. The summed E-state index contributed by atoms with van der Waals surface area (Å²) in [5.74, 6) is 0.517. The van der Waals surface area contributed by atoms with Crippen LogP contribution in [0.5, 0.6) is 0 Å². The average molecular weight is 501 g/mol. The number of hydrogen-bond donors (Lipinski definition) is 0. The molecule has 1 saturated heterocycles. The summed E-state index contributed by atoms with van der Waals surface area (Å²) < 4.78 is 6.37. The third-order valence-corrected chi connectivity index (χ3v) is 5.89. The summed E-state index contributed by atoms with van der Waals surface area (Å²) >= 11 is 10.7. The van der Waals surface area contributed by atoms with Gasteiger partial charge in [0.1, 0.15) is 5.76 Å². The smallest absolute Gasteiger partial charge is 0.267 e. The van der Waals surface area contributed by atoms with Gasteiger partial charge in [-0.1, -0.05) is 51.8 Å². The van der Waals surface area contributed by atoms with Crippen molar-refractivity contribution < 1.29 is 9.21 Å². The van der Waals surface area contributed by atoms with Crippen LogP contribution in [0.1, 0.15) is 16.9 Å². The number of amidine groups is 1. The minimum absolute atomic E-state index is 0.150. The molecule has 0 unspecified atom stereocenters. The monoisotopic (exact) mass is 499 g/mol. The van der Waals surface area contributed by atoms with Gasteiger partial charge in [-0.25, -0.2) is 0 Å². The van der Waals surface area contributed by atoms with E-state index in [0.717, 1.165) is 15.6 Å². The lowest BCUT2D eigenvalue weighted by Gasteiger charge is -2.12. The highest BCUT2D eigenvalue weighted by molar-refractivity contribution is 9.10. The van der Waals surface area contributed by atoms with Gasteiger partial charge >= 0.3 is 0 Å². The number of nitrogens with zero attached hydrogens (tertiary/aromatic N) is 3. The lowest BCUT2D eigenvalue weighted by molar-refractivity contribution is -0.122. The van der Waals surface area contributed by atoms with Crippen molar-refractivity contribution in [3.63, 3.8) is 0 Å². The number of furan rings is 1. The molecule has 1 amide bonds. The highest BCUT2D eigenvalue weighted by Gasteiger charge is 2.34. The third kappa shape index (κ3) is 5.11. The summed E-state index contributed by atoms with van der Waals surface area (Å²) in [6, 6.07) is 18.6. The van der Waals surface area contributed by atoms with Crippen LogP contribution in [-0.2, 0) is 11.3 Å². The quantitative estimate of drug-likeness (QED) is 0.238. The first-order valence-electron chi connectivity index (χ1n) is 8.94. The molecule has 3 aromatic rings. The number of thioether (sulfide) groups is 1. The van der Waals surface area contributed by atoms with Crippen molar-refractivity contribution in [2.24, 2.45) is 10.2 Å². The van der Waals surface area contributed by atoms with Gasteiger partial charge in [-0.15, -0.1) is 5.10 Å². The van der Waals surface area contributed by atoms with Gasteiger partial charge in [-0.2, -0.15) is 5.10 Å². The molecular weight excluding hydrogens is 486 g/mol. The van der Waals surface area contributed by atoms with Crippen LogP contribution in [0.25, 0.3) is 6.08 Å². The van der Waals surface area contributed by atoms with Crippen molar-refractivity contribution in [1.29, 1.82) is 0 Å². The van der Waals surface area contributed by atoms with Crippen molar-refractivity contribution in [2.45, 2.75) is 6.54 Å². The van der Waals surface area contributed by atoms with Crippen LogP contribution in [0.4, 0.5) is 0 Å². The zero-order chi connectivity index (χ0) is 20.9. The largest absolute Gasteiger partial charge is 0.467 e. The van der Waals surface area contributed by atoms with Crippen molar-refractivity contribution >= 4 is 62.7 Å². The first-order chi connectivity index (χ1) is 14.6. The summed E-state index contributed by atoms with van der Waals surface area (Å²) in [6.07, 6.45) is 5.05. The van der Waals surface area contributed by atoms with Crippen LogP contribution in [0, 0.1) is 0 Å². The summed E-state index contributed by atoms with van der Waals surface area (Å²) in [5, 5.41) is 9.62. The second-order valence-corrected chi connectivity index (χ2v) is 8.68. The minimum Gasteiger partial charge on any atom is -0.467 e. The molecule has 1 aromatic heterocycles. The molecule has 0 bridgehead atoms. The predicted octanol–water partition coefficient (Wildman–Crippen LogP) is 6.20. The number of benzene rings is 2. The summed E-state index contributed by atoms with van der Waals surface area (Å²) in [7, 11) is 0. The maximum absolute atomic E-state index is 13.0. The van der Waals surface area contributed by atoms with Gasteiger partial charge in [0.15, 0.2) is 5.17 Å². The van der Waals surface area contributed by atoms with Gasteiger partial charge in [-0.05, 0) is 65.4 Å². The second-order valence-electron chi connectivity index (χ2n) is 6.32. The maximum atomic E-state index is 13.0. The maximum Gasteiger partial charge on any atom is 0.267 e. The zero-order valence-corrected chi connectivity index (χ0v) is 18.7. The van der Waals surface area contributed by atoms with Crippen LogP contribution in [0.3, 0.4) is 0 Å². The number of amides is 1. The van der Waals surface area contributed by atoms with E-state index in [4.69, 9.17) is 16.0 Å². The lowest BCUT2D eigenvalue weighted by atomic mass is 10.2. The van der Waals surface area contributed by atoms with Crippen molar-refractivity contribution in [3.05, 3.63) is 98.2 Å². The standard InChI is InChI=1S/C22H15BrClN3O2S/c23-17-4-1-3-16(11-17)13-25-26-22-27(14-19-5-2-10-29-19)21(28)20(30-22)12-15-6-8-18(24)9-7-15/h1-13H,14H2/b20-12-,25-13-,26-22+. The highest BCUT2D eigenvalue weighted by atomic mass is 79.9. The topological polar surface area (TPSA) is 58.2 Å². The molecule has 1 fully saturated rings. The van der Waals surface area contributed by atoms with E-state index in [-0.39, 0.29) is 12.5 Å². The lowest BCUT2D eigenvalue weighted by Crippen LogP contribution is -2.28. The molecule has 30 heavy (non-hydrogen) atoms. The van der Waals surface area contributed by atoms with Crippen LogP contribution in [-0.4, -0.2) is 22.2 Å². The molecule has 0 aliphatic carbocycles. The number of carbonyl (C=O) groups excluding carboxylic acids is 1. The van der Waals surface area contributed by atoms with Crippen molar-refractivity contribution in [1.82, 2.24) is 4.90 Å². The summed E-state index contributed by atoms with van der Waals surface area (Å²) in [6.45, 7) is 0.280. The van der Waals surface area contributed by atoms with E-state index in [9.17, 15) is 4.79 Å². The van der Waals surface area contributed by atoms with Gasteiger partial charge in [0, 0.05) is 9.50 Å². The van der Waals surface area contributed by atoms with Crippen LogP contribution < -0.4 is 0 Å². The predicted molar refractivity (Wildman–Crippen MR) is 125 cm³/mol. The number of halogens is 2. The number of rotatable bonds is 5. The number of carbonyl (C=O) groups is 1. The Kier molecular flexibility index (Phi) is 6.52. The van der Waals surface area contributed by atoms with E-state index in [2.05, 4.69) is 26.1 Å². The van der Waals surface area contributed by atoms with Crippen LogP contribution in [0.15, 0.2) is 90.9 Å². The SMILES string of the molecule is O=C1/C(=C/c2ccc(Cl)cc2)S/C(=N/N=C\c2cccc(Br)c2)N1Cc1ccco1. The van der Waals surface area contributed by atoms with Gasteiger partial charge < -0.3 is 4.42 Å². The van der Waals surface area contributed by atoms with Gasteiger partial charge in [0.2, 0.25) is 0 Å². The molecule has 2 aromatic carbocycles. The Hall–Kier alpha value is -2.61. The molecule has 1 aliphatic heterocycles. The molecule has 0 radical (unpaired) electrons. The first-order valence-corrected chi connectivity index (χ1v) is 10.9. The third-order valence-electron chi connectivity index (χ3n) is 4.15. The Labute approximate surface area is 191 Å². The van der Waals surface area contributed by atoms with E-state index in [1.165, 1.54) is 11.8 Å². The van der Waals surface area contributed by atoms with Gasteiger partial charge in [-0.3, -0.25) is 9.69 Å². The van der Waals surface area contributed by atoms with Crippen molar-refractivity contribution in [2.75, 3.05) is 0 Å². The fourth-order valence-electron chi connectivity index (χ4n) is 2.72. The highest BCUT2D eigenvalue weighted by Crippen LogP contribution is 2.34. The zero-order valence-electron chi connectivity index (χ0n) is 15.5. The minimum atomic E-state index is -0.150. The van der Waals surface area contributed by atoms with E-state index >= 15 is 0 Å². The van der Waals surface area contributed by atoms with Gasteiger partial charge in [0.05, 0.1) is 23.9 Å². The molecule has 0 atom stereocenters. The Morgan fingerprint density at radius 1 is 1.10 bits per heavy atom. The van der Waals surface area contributed by atoms with Crippen molar-refractivity contribution in [3.8, 4) is 0 Å². The molecule has 8 heteroatoms. The molecule has 0 spiro atoms.